The molecule has 0 spiro atoms. The molecule has 3 aromatic rings. The highest BCUT2D eigenvalue weighted by molar-refractivity contribution is 8.00. The molecule has 0 fully saturated rings. The molecule has 1 amide bonds. The zero-order valence-electron chi connectivity index (χ0n) is 15.2. The average Bonchev–Trinajstić information content (AvgIpc) is 2.70. The van der Waals surface area contributed by atoms with Gasteiger partial charge in [0.25, 0.3) is 0 Å². The number of ether oxygens (including phenoxy) is 1. The molecule has 0 saturated carbocycles. The van der Waals surface area contributed by atoms with Crippen molar-refractivity contribution >= 4 is 23.4 Å². The molecule has 3 rings (SSSR count). The molecular weight excluding hydrogens is 403 g/mol. The Balaban J connectivity index is 1.58. The zero-order chi connectivity index (χ0) is 20.9. The standard InChI is InChI=1S/C20H16F3N3O2S/c1-13(29-19-24-12-11-17(26-19)20(21,22)23)18(27)25-14-7-9-16(10-8-14)28-15-5-3-2-4-6-15/h2-13H,1H3,(H,25,27). The number of nitrogens with zero attached hydrogens (tertiary/aromatic N) is 2. The Kier molecular flexibility index (Phi) is 6.38. The highest BCUT2D eigenvalue weighted by Crippen LogP contribution is 2.29. The Bertz CT molecular complexity index is 967. The molecule has 29 heavy (non-hydrogen) atoms. The SMILES string of the molecule is CC(Sc1nccc(C(F)(F)F)n1)C(=O)Nc1ccc(Oc2ccccc2)cc1. The van der Waals surface area contributed by atoms with Crippen molar-refractivity contribution < 1.29 is 22.7 Å². The lowest BCUT2D eigenvalue weighted by Gasteiger charge is -2.12. The highest BCUT2D eigenvalue weighted by Gasteiger charge is 2.33. The number of anilines is 1. The van der Waals surface area contributed by atoms with Crippen molar-refractivity contribution in [1.82, 2.24) is 9.97 Å². The van der Waals surface area contributed by atoms with Crippen molar-refractivity contribution in [2.75, 3.05) is 5.32 Å². The van der Waals surface area contributed by atoms with E-state index in [1.54, 1.807) is 31.2 Å². The normalized spacial score (nSPS) is 12.3. The number of amides is 1. The number of aromatic nitrogens is 2. The van der Waals surface area contributed by atoms with Gasteiger partial charge in [-0.15, -0.1) is 0 Å². The molecule has 0 radical (unpaired) electrons. The van der Waals surface area contributed by atoms with Crippen LogP contribution in [0.2, 0.25) is 0 Å². The maximum absolute atomic E-state index is 12.7. The molecule has 0 saturated heterocycles. The molecule has 1 unspecified atom stereocenters. The van der Waals surface area contributed by atoms with Crippen molar-refractivity contribution in [2.24, 2.45) is 0 Å². The minimum absolute atomic E-state index is 0.117. The number of hydrogen-bond donors (Lipinski definition) is 1. The van der Waals surface area contributed by atoms with Crippen LogP contribution in [0.3, 0.4) is 0 Å². The number of thioether (sulfide) groups is 1. The van der Waals surface area contributed by atoms with E-state index in [1.165, 1.54) is 0 Å². The predicted octanol–water partition coefficient (Wildman–Crippen LogP) is 5.41. The first-order chi connectivity index (χ1) is 13.8. The van der Waals surface area contributed by atoms with E-state index in [0.29, 0.717) is 17.2 Å². The largest absolute Gasteiger partial charge is 0.457 e. The predicted molar refractivity (Wildman–Crippen MR) is 104 cm³/mol. The lowest BCUT2D eigenvalue weighted by atomic mass is 10.3. The minimum Gasteiger partial charge on any atom is -0.457 e. The van der Waals surface area contributed by atoms with Gasteiger partial charge in [0.15, 0.2) is 5.16 Å². The molecule has 150 valence electrons. The third-order valence-corrected chi connectivity index (χ3v) is 4.65. The van der Waals surface area contributed by atoms with Crippen molar-refractivity contribution in [3.05, 3.63) is 72.6 Å². The summed E-state index contributed by atoms with van der Waals surface area (Å²) in [5, 5.41) is 1.89. The van der Waals surface area contributed by atoms with E-state index in [2.05, 4.69) is 15.3 Å². The first-order valence-electron chi connectivity index (χ1n) is 8.52. The fraction of sp³-hybridized carbons (Fsp3) is 0.150. The fourth-order valence-corrected chi connectivity index (χ4v) is 3.00. The van der Waals surface area contributed by atoms with E-state index in [0.717, 1.165) is 24.0 Å². The smallest absolute Gasteiger partial charge is 0.433 e. The molecule has 1 N–H and O–H groups in total. The lowest BCUT2D eigenvalue weighted by molar-refractivity contribution is -0.141. The topological polar surface area (TPSA) is 64.1 Å². The second kappa shape index (κ2) is 8.95. The average molecular weight is 419 g/mol. The molecule has 1 heterocycles. The molecule has 2 aromatic carbocycles. The Labute approximate surface area is 169 Å². The molecule has 5 nitrogen and oxygen atoms in total. The highest BCUT2D eigenvalue weighted by atomic mass is 32.2. The maximum Gasteiger partial charge on any atom is 0.433 e. The summed E-state index contributed by atoms with van der Waals surface area (Å²) in [7, 11) is 0. The monoisotopic (exact) mass is 419 g/mol. The van der Waals surface area contributed by atoms with Gasteiger partial charge in [0.1, 0.15) is 17.2 Å². The summed E-state index contributed by atoms with van der Waals surface area (Å²) in [6, 6.07) is 16.8. The second-order valence-electron chi connectivity index (χ2n) is 5.91. The lowest BCUT2D eigenvalue weighted by Crippen LogP contribution is -2.22. The van der Waals surface area contributed by atoms with E-state index in [-0.39, 0.29) is 11.1 Å². The van der Waals surface area contributed by atoms with Crippen LogP contribution in [0.1, 0.15) is 12.6 Å². The molecule has 0 aliphatic carbocycles. The first kappa shape index (κ1) is 20.7. The molecule has 0 aliphatic rings. The molecule has 1 atom stereocenters. The summed E-state index contributed by atoms with van der Waals surface area (Å²) in [5.74, 6) is 0.914. The van der Waals surface area contributed by atoms with Crippen LogP contribution >= 0.6 is 11.8 Å². The fourth-order valence-electron chi connectivity index (χ4n) is 2.24. The zero-order valence-corrected chi connectivity index (χ0v) is 16.0. The van der Waals surface area contributed by atoms with Crippen molar-refractivity contribution in [1.29, 1.82) is 0 Å². The molecule has 1 aromatic heterocycles. The van der Waals surface area contributed by atoms with Gasteiger partial charge in [-0.05, 0) is 49.4 Å². The van der Waals surface area contributed by atoms with Crippen LogP contribution in [-0.2, 0) is 11.0 Å². The Morgan fingerprint density at radius 3 is 2.34 bits per heavy atom. The number of alkyl halides is 3. The summed E-state index contributed by atoms with van der Waals surface area (Å²) in [6.07, 6.45) is -3.54. The van der Waals surface area contributed by atoms with Gasteiger partial charge in [0, 0.05) is 11.9 Å². The van der Waals surface area contributed by atoms with Gasteiger partial charge in [-0.2, -0.15) is 13.2 Å². The number of carbonyl (C=O) groups is 1. The number of hydrogen-bond acceptors (Lipinski definition) is 5. The van der Waals surface area contributed by atoms with Gasteiger partial charge in [0.2, 0.25) is 5.91 Å². The van der Waals surface area contributed by atoms with Crippen LogP contribution in [0.4, 0.5) is 18.9 Å². The quantitative estimate of drug-likeness (QED) is 0.428. The number of halogens is 3. The third-order valence-electron chi connectivity index (χ3n) is 3.68. The van der Waals surface area contributed by atoms with E-state index >= 15 is 0 Å². The van der Waals surface area contributed by atoms with Crippen LogP contribution in [0.25, 0.3) is 0 Å². The summed E-state index contributed by atoms with van der Waals surface area (Å²) >= 11 is 0.847. The van der Waals surface area contributed by atoms with Crippen molar-refractivity contribution in [3.63, 3.8) is 0 Å². The van der Waals surface area contributed by atoms with Crippen LogP contribution in [0, 0.1) is 0 Å². The Hall–Kier alpha value is -3.07. The van der Waals surface area contributed by atoms with Gasteiger partial charge in [0.05, 0.1) is 5.25 Å². The van der Waals surface area contributed by atoms with E-state index in [9.17, 15) is 18.0 Å². The Morgan fingerprint density at radius 1 is 1.03 bits per heavy atom. The third kappa shape index (κ3) is 5.95. The first-order valence-corrected chi connectivity index (χ1v) is 9.40. The van der Waals surface area contributed by atoms with Crippen molar-refractivity contribution in [3.8, 4) is 11.5 Å². The van der Waals surface area contributed by atoms with Crippen molar-refractivity contribution in [2.45, 2.75) is 23.5 Å². The molecule has 9 heteroatoms. The van der Waals surface area contributed by atoms with Crippen LogP contribution in [0.5, 0.6) is 11.5 Å². The number of para-hydroxylation sites is 1. The van der Waals surface area contributed by atoms with Crippen LogP contribution in [0.15, 0.2) is 72.0 Å². The number of benzene rings is 2. The number of nitrogens with one attached hydrogen (secondary N) is 1. The van der Waals surface area contributed by atoms with Crippen LogP contribution in [-0.4, -0.2) is 21.1 Å². The van der Waals surface area contributed by atoms with Gasteiger partial charge in [-0.1, -0.05) is 30.0 Å². The number of rotatable bonds is 6. The Morgan fingerprint density at radius 2 is 1.69 bits per heavy atom. The maximum atomic E-state index is 12.7. The van der Waals surface area contributed by atoms with Gasteiger partial charge >= 0.3 is 6.18 Å². The minimum atomic E-state index is -4.56. The van der Waals surface area contributed by atoms with E-state index in [1.807, 2.05) is 30.3 Å². The van der Waals surface area contributed by atoms with Gasteiger partial charge < -0.3 is 10.1 Å². The van der Waals surface area contributed by atoms with E-state index in [4.69, 9.17) is 4.74 Å². The molecule has 0 bridgehead atoms. The molecule has 0 aliphatic heterocycles. The number of carbonyl (C=O) groups excluding carboxylic acids is 1. The van der Waals surface area contributed by atoms with E-state index < -0.39 is 17.1 Å². The summed E-state index contributed by atoms with van der Waals surface area (Å²) < 4.78 is 43.9. The van der Waals surface area contributed by atoms with Gasteiger partial charge in [-0.3, -0.25) is 4.79 Å². The summed E-state index contributed by atoms with van der Waals surface area (Å²) in [5.41, 5.74) is -0.510. The second-order valence-corrected chi connectivity index (χ2v) is 7.22. The summed E-state index contributed by atoms with van der Waals surface area (Å²) in [4.78, 5) is 19.6. The van der Waals surface area contributed by atoms with Gasteiger partial charge in [-0.25, -0.2) is 9.97 Å². The van der Waals surface area contributed by atoms with Crippen LogP contribution < -0.4 is 10.1 Å². The summed E-state index contributed by atoms with van der Waals surface area (Å²) in [6.45, 7) is 1.57. The molecular formula is C20H16F3N3O2S.